The molecule has 1 aliphatic rings. The molecule has 7 heteroatoms. The summed E-state index contributed by atoms with van der Waals surface area (Å²) in [5.41, 5.74) is 5.57. The van der Waals surface area contributed by atoms with Crippen LogP contribution in [0, 0.1) is 0 Å². The Morgan fingerprint density at radius 2 is 2.09 bits per heavy atom. The molecule has 1 aromatic heterocycles. The number of nitrogens with zero attached hydrogens (tertiary/aromatic N) is 4. The maximum Gasteiger partial charge on any atom is 0.223 e. The zero-order valence-corrected chi connectivity index (χ0v) is 14.1. The van der Waals surface area contributed by atoms with Crippen LogP contribution in [0.1, 0.15) is 32.0 Å². The van der Waals surface area contributed by atoms with Gasteiger partial charge in [-0.25, -0.2) is 4.98 Å². The van der Waals surface area contributed by atoms with Gasteiger partial charge in [0.05, 0.1) is 0 Å². The molecule has 2 heterocycles. The Morgan fingerprint density at radius 3 is 2.70 bits per heavy atom. The lowest BCUT2D eigenvalue weighted by Gasteiger charge is -2.36. The molecular formula is C16H27N5O2. The van der Waals surface area contributed by atoms with E-state index < -0.39 is 0 Å². The summed E-state index contributed by atoms with van der Waals surface area (Å²) < 4.78 is 2.00. The van der Waals surface area contributed by atoms with Gasteiger partial charge in [0.15, 0.2) is 0 Å². The van der Waals surface area contributed by atoms with Gasteiger partial charge in [-0.1, -0.05) is 0 Å². The van der Waals surface area contributed by atoms with Crippen molar-refractivity contribution in [2.45, 2.75) is 45.2 Å². The molecule has 1 aliphatic heterocycles. The predicted molar refractivity (Wildman–Crippen MR) is 87.6 cm³/mol. The molecular weight excluding hydrogens is 294 g/mol. The largest absolute Gasteiger partial charge is 0.343 e. The molecule has 0 radical (unpaired) electrons. The van der Waals surface area contributed by atoms with Gasteiger partial charge >= 0.3 is 0 Å². The average Bonchev–Trinajstić information content (AvgIpc) is 2.99. The minimum Gasteiger partial charge on any atom is -0.343 e. The first kappa shape index (κ1) is 17.5. The molecule has 0 spiro atoms. The Hall–Kier alpha value is -1.89. The monoisotopic (exact) mass is 321 g/mol. The standard InChI is InChI=1S/C16H27N5O2/c1-13(22)19(2)14-5-9-21(10-6-14)16(23)4-3-15-18-8-12-20(15)11-7-17/h8,12,14H,3-7,9-11,17H2,1-2H3. The van der Waals surface area contributed by atoms with Crippen molar-refractivity contribution in [2.75, 3.05) is 26.7 Å². The van der Waals surface area contributed by atoms with E-state index in [0.717, 1.165) is 38.3 Å². The molecule has 2 amide bonds. The summed E-state index contributed by atoms with van der Waals surface area (Å²) >= 11 is 0. The number of rotatable bonds is 6. The lowest BCUT2D eigenvalue weighted by atomic mass is 10.0. The van der Waals surface area contributed by atoms with Gasteiger partial charge in [0.2, 0.25) is 11.8 Å². The summed E-state index contributed by atoms with van der Waals surface area (Å²) in [7, 11) is 1.84. The van der Waals surface area contributed by atoms with Crippen molar-refractivity contribution >= 4 is 11.8 Å². The van der Waals surface area contributed by atoms with E-state index in [-0.39, 0.29) is 17.9 Å². The Balaban J connectivity index is 1.79. The zero-order valence-electron chi connectivity index (χ0n) is 14.1. The van der Waals surface area contributed by atoms with E-state index >= 15 is 0 Å². The van der Waals surface area contributed by atoms with Crippen LogP contribution in [0.15, 0.2) is 12.4 Å². The lowest BCUT2D eigenvalue weighted by molar-refractivity contribution is -0.134. The first-order chi connectivity index (χ1) is 11.0. The van der Waals surface area contributed by atoms with Crippen LogP contribution < -0.4 is 5.73 Å². The minimum absolute atomic E-state index is 0.0847. The Morgan fingerprint density at radius 1 is 1.39 bits per heavy atom. The molecule has 2 N–H and O–H groups in total. The third-order valence-electron chi connectivity index (χ3n) is 4.60. The van der Waals surface area contributed by atoms with Crippen molar-refractivity contribution in [1.29, 1.82) is 0 Å². The molecule has 128 valence electrons. The Labute approximate surface area is 137 Å². The molecule has 0 saturated carbocycles. The number of aryl methyl sites for hydroxylation is 1. The summed E-state index contributed by atoms with van der Waals surface area (Å²) in [4.78, 5) is 31.7. The highest BCUT2D eigenvalue weighted by molar-refractivity contribution is 5.76. The van der Waals surface area contributed by atoms with E-state index in [0.29, 0.717) is 19.4 Å². The van der Waals surface area contributed by atoms with Crippen molar-refractivity contribution in [3.8, 4) is 0 Å². The van der Waals surface area contributed by atoms with Gasteiger partial charge in [0.25, 0.3) is 0 Å². The number of likely N-dealkylation sites (tertiary alicyclic amines) is 1. The summed E-state index contributed by atoms with van der Waals surface area (Å²) in [5.74, 6) is 1.16. The molecule has 1 fully saturated rings. The van der Waals surface area contributed by atoms with Crippen molar-refractivity contribution < 1.29 is 9.59 Å². The Kier molecular flexibility index (Phi) is 6.15. The third-order valence-corrected chi connectivity index (χ3v) is 4.60. The second-order valence-corrected chi connectivity index (χ2v) is 6.07. The maximum absolute atomic E-state index is 12.4. The maximum atomic E-state index is 12.4. The van der Waals surface area contributed by atoms with Crippen LogP contribution in [0.4, 0.5) is 0 Å². The van der Waals surface area contributed by atoms with Crippen LogP contribution in [0.5, 0.6) is 0 Å². The van der Waals surface area contributed by atoms with Crippen molar-refractivity contribution in [3.05, 3.63) is 18.2 Å². The van der Waals surface area contributed by atoms with Crippen LogP contribution in [0.25, 0.3) is 0 Å². The highest BCUT2D eigenvalue weighted by Gasteiger charge is 2.26. The van der Waals surface area contributed by atoms with Gasteiger partial charge in [-0.05, 0) is 12.8 Å². The molecule has 1 saturated heterocycles. The molecule has 0 atom stereocenters. The van der Waals surface area contributed by atoms with E-state index in [1.165, 1.54) is 0 Å². The van der Waals surface area contributed by atoms with Gasteiger partial charge in [0.1, 0.15) is 5.82 Å². The normalized spacial score (nSPS) is 15.7. The number of nitrogens with two attached hydrogens (primary N) is 1. The molecule has 0 aromatic carbocycles. The number of carbonyl (C=O) groups excluding carboxylic acids is 2. The smallest absolute Gasteiger partial charge is 0.223 e. The number of hydrogen-bond donors (Lipinski definition) is 1. The fourth-order valence-corrected chi connectivity index (χ4v) is 3.05. The fraction of sp³-hybridized carbons (Fsp3) is 0.688. The molecule has 23 heavy (non-hydrogen) atoms. The zero-order chi connectivity index (χ0) is 16.8. The van der Waals surface area contributed by atoms with E-state index in [4.69, 9.17) is 5.73 Å². The summed E-state index contributed by atoms with van der Waals surface area (Å²) in [6.07, 6.45) is 6.45. The fourth-order valence-electron chi connectivity index (χ4n) is 3.05. The number of amides is 2. The van der Waals surface area contributed by atoms with Crippen molar-refractivity contribution in [1.82, 2.24) is 19.4 Å². The van der Waals surface area contributed by atoms with Gasteiger partial charge in [-0.2, -0.15) is 0 Å². The van der Waals surface area contributed by atoms with Crippen LogP contribution >= 0.6 is 0 Å². The molecule has 0 bridgehead atoms. The third kappa shape index (κ3) is 4.54. The molecule has 0 unspecified atom stereocenters. The second-order valence-electron chi connectivity index (χ2n) is 6.07. The van der Waals surface area contributed by atoms with Crippen molar-refractivity contribution in [2.24, 2.45) is 5.73 Å². The number of imidazole rings is 1. The first-order valence-corrected chi connectivity index (χ1v) is 8.24. The van der Waals surface area contributed by atoms with Crippen molar-refractivity contribution in [3.63, 3.8) is 0 Å². The van der Waals surface area contributed by atoms with Gasteiger partial charge < -0.3 is 20.1 Å². The molecule has 0 aliphatic carbocycles. The molecule has 1 aromatic rings. The van der Waals surface area contributed by atoms with E-state index in [9.17, 15) is 9.59 Å². The highest BCUT2D eigenvalue weighted by atomic mass is 16.2. The summed E-state index contributed by atoms with van der Waals surface area (Å²) in [6, 6.07) is 0.250. The number of piperidine rings is 1. The minimum atomic E-state index is 0.0847. The van der Waals surface area contributed by atoms with Gasteiger partial charge in [0, 0.05) is 71.4 Å². The highest BCUT2D eigenvalue weighted by Crippen LogP contribution is 2.16. The molecule has 2 rings (SSSR count). The molecule has 7 nitrogen and oxygen atoms in total. The van der Waals surface area contributed by atoms with E-state index in [1.54, 1.807) is 18.0 Å². The van der Waals surface area contributed by atoms with E-state index in [2.05, 4.69) is 4.98 Å². The van der Waals surface area contributed by atoms with Crippen LogP contribution in [0.2, 0.25) is 0 Å². The second kappa shape index (κ2) is 8.10. The predicted octanol–water partition coefficient (Wildman–Crippen LogP) is 0.244. The van der Waals surface area contributed by atoms with Crippen LogP contribution in [0.3, 0.4) is 0 Å². The summed E-state index contributed by atoms with van der Waals surface area (Å²) in [5, 5.41) is 0. The average molecular weight is 321 g/mol. The first-order valence-electron chi connectivity index (χ1n) is 8.24. The van der Waals surface area contributed by atoms with Gasteiger partial charge in [-0.3, -0.25) is 9.59 Å². The Bertz CT molecular complexity index is 534. The lowest BCUT2D eigenvalue weighted by Crippen LogP contribution is -2.46. The number of hydrogen-bond acceptors (Lipinski definition) is 4. The van der Waals surface area contributed by atoms with Crippen LogP contribution in [-0.4, -0.2) is 63.9 Å². The van der Waals surface area contributed by atoms with Gasteiger partial charge in [-0.15, -0.1) is 0 Å². The number of carbonyl (C=O) groups is 2. The van der Waals surface area contributed by atoms with E-state index in [1.807, 2.05) is 22.7 Å². The topological polar surface area (TPSA) is 84.5 Å². The number of aromatic nitrogens is 2. The SMILES string of the molecule is CC(=O)N(C)C1CCN(C(=O)CCc2nccn2CCN)CC1. The van der Waals surface area contributed by atoms with Crippen LogP contribution in [-0.2, 0) is 22.6 Å². The summed E-state index contributed by atoms with van der Waals surface area (Å²) in [6.45, 7) is 4.32. The quantitative estimate of drug-likeness (QED) is 0.813.